The number of ether oxygens (including phenoxy) is 1. The number of thiazole rings is 1. The van der Waals surface area contributed by atoms with Gasteiger partial charge in [-0.2, -0.15) is 4.39 Å². The van der Waals surface area contributed by atoms with Crippen LogP contribution in [-0.4, -0.2) is 36.9 Å². The molecule has 4 rings (SSSR count). The van der Waals surface area contributed by atoms with Gasteiger partial charge in [0.15, 0.2) is 5.13 Å². The maximum absolute atomic E-state index is 13.4. The predicted octanol–water partition coefficient (Wildman–Crippen LogP) is 4.14. The van der Waals surface area contributed by atoms with Crippen molar-refractivity contribution in [3.8, 4) is 0 Å². The normalized spacial score (nSPS) is 18.4. The van der Waals surface area contributed by atoms with Gasteiger partial charge in [-0.1, -0.05) is 29.5 Å². The van der Waals surface area contributed by atoms with Gasteiger partial charge in [-0.3, -0.25) is 0 Å². The number of methoxy groups -OCH3 is 1. The van der Waals surface area contributed by atoms with Crippen LogP contribution in [0.3, 0.4) is 0 Å². The van der Waals surface area contributed by atoms with Crippen molar-refractivity contribution in [2.24, 2.45) is 16.6 Å². The van der Waals surface area contributed by atoms with Gasteiger partial charge in [-0.15, -0.1) is 0 Å². The van der Waals surface area contributed by atoms with Crippen LogP contribution in [-0.2, 0) is 11.2 Å². The fourth-order valence-corrected chi connectivity index (χ4v) is 4.35. The van der Waals surface area contributed by atoms with Crippen molar-refractivity contribution in [1.82, 2.24) is 4.98 Å². The topological polar surface area (TPSA) is 89.6 Å². The molecule has 0 spiro atoms. The van der Waals surface area contributed by atoms with E-state index in [-0.39, 0.29) is 17.9 Å². The zero-order valence-electron chi connectivity index (χ0n) is 17.0. The molecule has 2 atom stereocenters. The van der Waals surface area contributed by atoms with Crippen molar-refractivity contribution in [3.63, 3.8) is 0 Å². The third kappa shape index (κ3) is 5.15. The molecule has 6 nitrogen and oxygen atoms in total. The van der Waals surface area contributed by atoms with Gasteiger partial charge in [0.25, 0.3) is 0 Å². The molecule has 1 aliphatic carbocycles. The summed E-state index contributed by atoms with van der Waals surface area (Å²) in [6.07, 6.45) is 10.6. The van der Waals surface area contributed by atoms with Crippen molar-refractivity contribution < 1.29 is 13.9 Å². The second kappa shape index (κ2) is 9.36. The molecule has 0 saturated heterocycles. The van der Waals surface area contributed by atoms with E-state index in [2.05, 4.69) is 21.4 Å². The molecule has 2 heterocycles. The number of aromatic nitrogens is 1. The lowest BCUT2D eigenvalue weighted by Gasteiger charge is -2.20. The third-order valence-corrected chi connectivity index (χ3v) is 6.19. The number of halogens is 1. The predicted molar refractivity (Wildman–Crippen MR) is 122 cm³/mol. The highest BCUT2D eigenvalue weighted by Crippen LogP contribution is 2.35. The van der Waals surface area contributed by atoms with E-state index in [1.807, 2.05) is 24.4 Å². The van der Waals surface area contributed by atoms with Crippen LogP contribution in [0.15, 0.2) is 65.2 Å². The number of aliphatic imine (C=N–C) groups is 1. The molecule has 0 bridgehead atoms. The molecule has 0 radical (unpaired) electrons. The van der Waals surface area contributed by atoms with E-state index in [9.17, 15) is 9.18 Å². The molecule has 1 aromatic heterocycles. The number of nitrogens with zero attached hydrogens (tertiary/aromatic N) is 2. The molecule has 2 aliphatic rings. The number of carbonyl (C=O) groups is 1. The van der Waals surface area contributed by atoms with Crippen molar-refractivity contribution in [2.45, 2.75) is 18.9 Å². The molecule has 1 unspecified atom stereocenters. The lowest BCUT2D eigenvalue weighted by molar-refractivity contribution is 0.0600. The standard InChI is InChI=1S/C23H23FN4O2S/c1-30-22(29)15-4-2-14(3-5-15)8-19(25)12-27-23-28-13-20(31-23)16-6-7-17-11-26-21(24)10-18(17)9-16/h2-6,9-11,13,17,19H,7-8,12,25H2,1H3,(H,27,28)/t17?,19-/m0/s1. The summed E-state index contributed by atoms with van der Waals surface area (Å²) < 4.78 is 18.2. The van der Waals surface area contributed by atoms with Crippen LogP contribution in [0, 0.1) is 5.92 Å². The van der Waals surface area contributed by atoms with E-state index in [0.717, 1.165) is 33.1 Å². The molecule has 31 heavy (non-hydrogen) atoms. The van der Waals surface area contributed by atoms with Crippen molar-refractivity contribution >= 4 is 34.2 Å². The van der Waals surface area contributed by atoms with Crippen molar-refractivity contribution in [3.05, 3.63) is 76.2 Å². The first-order valence-electron chi connectivity index (χ1n) is 9.98. The zero-order valence-corrected chi connectivity index (χ0v) is 17.9. The summed E-state index contributed by atoms with van der Waals surface area (Å²) in [5, 5.41) is 4.09. The fourth-order valence-electron chi connectivity index (χ4n) is 3.52. The Morgan fingerprint density at radius 2 is 2.16 bits per heavy atom. The van der Waals surface area contributed by atoms with Crippen LogP contribution in [0.1, 0.15) is 27.2 Å². The number of allylic oxidation sites excluding steroid dienone is 5. The molecule has 0 fully saturated rings. The highest BCUT2D eigenvalue weighted by molar-refractivity contribution is 7.16. The maximum atomic E-state index is 13.4. The van der Waals surface area contributed by atoms with Gasteiger partial charge < -0.3 is 15.8 Å². The van der Waals surface area contributed by atoms with Crippen LogP contribution in [0.25, 0.3) is 5.57 Å². The van der Waals surface area contributed by atoms with E-state index in [1.165, 1.54) is 13.2 Å². The minimum Gasteiger partial charge on any atom is -0.465 e. The molecule has 3 N–H and O–H groups in total. The van der Waals surface area contributed by atoms with E-state index < -0.39 is 5.95 Å². The number of rotatable bonds is 7. The Labute approximate surface area is 184 Å². The van der Waals surface area contributed by atoms with E-state index in [4.69, 9.17) is 10.5 Å². The SMILES string of the molecule is COC(=O)c1ccc(C[C@H](N)CNc2ncc(C3=CCC4C=NC(F)=CC4=C3)s2)cc1. The highest BCUT2D eigenvalue weighted by Gasteiger charge is 2.20. The number of fused-ring (bicyclic) bond motifs is 1. The lowest BCUT2D eigenvalue weighted by Crippen LogP contribution is -2.31. The molecule has 0 saturated carbocycles. The molecular weight excluding hydrogens is 415 g/mol. The molecule has 1 aliphatic heterocycles. The van der Waals surface area contributed by atoms with E-state index in [1.54, 1.807) is 29.7 Å². The molecule has 0 amide bonds. The third-order valence-electron chi connectivity index (χ3n) is 5.18. The number of esters is 1. The monoisotopic (exact) mass is 438 g/mol. The molecular formula is C23H23FN4O2S. The number of anilines is 1. The summed E-state index contributed by atoms with van der Waals surface area (Å²) >= 11 is 1.55. The second-order valence-electron chi connectivity index (χ2n) is 7.45. The first kappa shape index (κ1) is 21.1. The average molecular weight is 439 g/mol. The smallest absolute Gasteiger partial charge is 0.337 e. The Balaban J connectivity index is 1.32. The van der Waals surface area contributed by atoms with Crippen LogP contribution >= 0.6 is 11.3 Å². The summed E-state index contributed by atoms with van der Waals surface area (Å²) in [4.78, 5) is 20.7. The number of carbonyl (C=O) groups excluding carboxylic acids is 1. The number of hydrogen-bond donors (Lipinski definition) is 2. The Bertz CT molecular complexity index is 1090. The van der Waals surface area contributed by atoms with E-state index >= 15 is 0 Å². The first-order chi connectivity index (χ1) is 15.0. The van der Waals surface area contributed by atoms with Crippen LogP contribution in [0.2, 0.25) is 0 Å². The minimum atomic E-state index is -0.454. The summed E-state index contributed by atoms with van der Waals surface area (Å²) in [6, 6.07) is 7.14. The lowest BCUT2D eigenvalue weighted by atomic mass is 9.88. The number of nitrogens with two attached hydrogens (primary N) is 1. The Kier molecular flexibility index (Phi) is 6.39. The summed E-state index contributed by atoms with van der Waals surface area (Å²) in [6.45, 7) is 0.568. The number of benzene rings is 1. The van der Waals surface area contributed by atoms with Gasteiger partial charge in [0.2, 0.25) is 5.95 Å². The Hall–Kier alpha value is -3.10. The van der Waals surface area contributed by atoms with Gasteiger partial charge in [-0.05, 0) is 53.8 Å². The molecule has 8 heteroatoms. The average Bonchev–Trinajstić information content (AvgIpc) is 3.26. The molecule has 160 valence electrons. The van der Waals surface area contributed by atoms with Gasteiger partial charge in [0, 0.05) is 30.9 Å². The molecule has 1 aromatic carbocycles. The minimum absolute atomic E-state index is 0.109. The second-order valence-corrected chi connectivity index (χ2v) is 8.49. The summed E-state index contributed by atoms with van der Waals surface area (Å²) in [5.74, 6) is -0.660. The number of hydrogen-bond acceptors (Lipinski definition) is 7. The van der Waals surface area contributed by atoms with Crippen molar-refractivity contribution in [2.75, 3.05) is 19.0 Å². The Morgan fingerprint density at radius 3 is 2.94 bits per heavy atom. The quantitative estimate of drug-likeness (QED) is 0.501. The van der Waals surface area contributed by atoms with Gasteiger partial charge in [0.1, 0.15) is 0 Å². The van der Waals surface area contributed by atoms with Crippen molar-refractivity contribution in [1.29, 1.82) is 0 Å². The van der Waals surface area contributed by atoms with Gasteiger partial charge in [0.05, 0.1) is 17.6 Å². The highest BCUT2D eigenvalue weighted by atomic mass is 32.1. The summed E-state index contributed by atoms with van der Waals surface area (Å²) in [7, 11) is 1.36. The summed E-state index contributed by atoms with van der Waals surface area (Å²) in [5.41, 5.74) is 9.81. The van der Waals surface area contributed by atoms with E-state index in [0.29, 0.717) is 18.5 Å². The van der Waals surface area contributed by atoms with Crippen LogP contribution < -0.4 is 11.1 Å². The Morgan fingerprint density at radius 1 is 1.35 bits per heavy atom. The van der Waals surface area contributed by atoms with Crippen LogP contribution in [0.4, 0.5) is 9.52 Å². The van der Waals surface area contributed by atoms with Crippen LogP contribution in [0.5, 0.6) is 0 Å². The zero-order chi connectivity index (χ0) is 21.8. The largest absolute Gasteiger partial charge is 0.465 e. The number of nitrogens with one attached hydrogen (secondary N) is 1. The van der Waals surface area contributed by atoms with Gasteiger partial charge >= 0.3 is 5.97 Å². The fraction of sp³-hybridized carbons (Fsp3) is 0.261. The first-order valence-corrected chi connectivity index (χ1v) is 10.8. The molecule has 2 aromatic rings. The maximum Gasteiger partial charge on any atom is 0.337 e. The van der Waals surface area contributed by atoms with Gasteiger partial charge in [-0.25, -0.2) is 14.8 Å².